The van der Waals surface area contributed by atoms with E-state index in [1.165, 1.54) is 0 Å². The highest BCUT2D eigenvalue weighted by Crippen LogP contribution is 2.06. The van der Waals surface area contributed by atoms with E-state index in [0.29, 0.717) is 18.7 Å². The SMILES string of the molecule is CCNC(=O)c1cccc(CN=C(NCC)NCCN2CCOCC2)c1. The number of guanidine groups is 1. The lowest BCUT2D eigenvalue weighted by Crippen LogP contribution is -2.44. The van der Waals surface area contributed by atoms with Gasteiger partial charge in [0.25, 0.3) is 5.91 Å². The van der Waals surface area contributed by atoms with Crippen molar-refractivity contribution >= 4 is 11.9 Å². The number of ether oxygens (including phenoxy) is 1. The third-order valence-electron chi connectivity index (χ3n) is 4.11. The van der Waals surface area contributed by atoms with Crippen LogP contribution in [-0.4, -0.2) is 69.2 Å². The van der Waals surface area contributed by atoms with Crippen molar-refractivity contribution in [1.82, 2.24) is 20.9 Å². The van der Waals surface area contributed by atoms with Crippen molar-refractivity contribution in [2.75, 3.05) is 52.5 Å². The molecule has 7 nitrogen and oxygen atoms in total. The number of carbonyl (C=O) groups is 1. The molecule has 1 amide bonds. The molecule has 2 rings (SSSR count). The molecule has 7 heteroatoms. The van der Waals surface area contributed by atoms with Gasteiger partial charge in [0.05, 0.1) is 19.8 Å². The van der Waals surface area contributed by atoms with E-state index in [4.69, 9.17) is 4.74 Å². The van der Waals surface area contributed by atoms with Gasteiger partial charge in [-0.05, 0) is 31.5 Å². The van der Waals surface area contributed by atoms with E-state index < -0.39 is 0 Å². The molecule has 0 aliphatic carbocycles. The lowest BCUT2D eigenvalue weighted by atomic mass is 10.1. The Morgan fingerprint density at radius 1 is 1.15 bits per heavy atom. The zero-order chi connectivity index (χ0) is 18.6. The monoisotopic (exact) mass is 361 g/mol. The Kier molecular flexibility index (Phi) is 8.92. The highest BCUT2D eigenvalue weighted by Gasteiger charge is 2.09. The van der Waals surface area contributed by atoms with Crippen LogP contribution in [0.3, 0.4) is 0 Å². The van der Waals surface area contributed by atoms with Gasteiger partial charge in [0.2, 0.25) is 0 Å². The number of rotatable bonds is 8. The highest BCUT2D eigenvalue weighted by atomic mass is 16.5. The number of benzene rings is 1. The van der Waals surface area contributed by atoms with Crippen molar-refractivity contribution in [3.05, 3.63) is 35.4 Å². The molecule has 1 aliphatic heterocycles. The summed E-state index contributed by atoms with van der Waals surface area (Å²) in [5, 5.41) is 9.46. The van der Waals surface area contributed by atoms with Crippen LogP contribution in [0.5, 0.6) is 0 Å². The van der Waals surface area contributed by atoms with Gasteiger partial charge in [-0.2, -0.15) is 0 Å². The Morgan fingerprint density at radius 3 is 2.65 bits per heavy atom. The van der Waals surface area contributed by atoms with Crippen molar-refractivity contribution in [3.63, 3.8) is 0 Å². The van der Waals surface area contributed by atoms with Crippen LogP contribution < -0.4 is 16.0 Å². The van der Waals surface area contributed by atoms with Crippen LogP contribution >= 0.6 is 0 Å². The zero-order valence-electron chi connectivity index (χ0n) is 15.9. The second-order valence-electron chi connectivity index (χ2n) is 6.14. The Morgan fingerprint density at radius 2 is 1.92 bits per heavy atom. The van der Waals surface area contributed by atoms with Gasteiger partial charge in [-0.25, -0.2) is 4.99 Å². The second kappa shape index (κ2) is 11.5. The number of hydrogen-bond acceptors (Lipinski definition) is 4. The molecule has 3 N–H and O–H groups in total. The van der Waals surface area contributed by atoms with Gasteiger partial charge in [-0.1, -0.05) is 12.1 Å². The standard InChI is InChI=1S/C19H31N5O2/c1-3-20-18(25)17-7-5-6-16(14-17)15-23-19(21-4-2)22-8-9-24-10-12-26-13-11-24/h5-7,14H,3-4,8-13,15H2,1-2H3,(H,20,25)(H2,21,22,23). The number of hydrogen-bond donors (Lipinski definition) is 3. The highest BCUT2D eigenvalue weighted by molar-refractivity contribution is 5.94. The van der Waals surface area contributed by atoms with E-state index in [2.05, 4.69) is 32.8 Å². The first kappa shape index (κ1) is 20.2. The van der Waals surface area contributed by atoms with Gasteiger partial charge < -0.3 is 20.7 Å². The fourth-order valence-electron chi connectivity index (χ4n) is 2.74. The van der Waals surface area contributed by atoms with Crippen molar-refractivity contribution in [3.8, 4) is 0 Å². The lowest BCUT2D eigenvalue weighted by molar-refractivity contribution is 0.0389. The topological polar surface area (TPSA) is 78.0 Å². The quantitative estimate of drug-likeness (QED) is 0.472. The fourth-order valence-corrected chi connectivity index (χ4v) is 2.74. The second-order valence-corrected chi connectivity index (χ2v) is 6.14. The average Bonchev–Trinajstić information content (AvgIpc) is 2.67. The van der Waals surface area contributed by atoms with Crippen molar-refractivity contribution in [2.45, 2.75) is 20.4 Å². The molecular weight excluding hydrogens is 330 g/mol. The smallest absolute Gasteiger partial charge is 0.251 e. The molecule has 0 unspecified atom stereocenters. The average molecular weight is 361 g/mol. The molecule has 0 saturated carbocycles. The molecule has 1 aliphatic rings. The van der Waals surface area contributed by atoms with Gasteiger partial charge in [-0.15, -0.1) is 0 Å². The lowest BCUT2D eigenvalue weighted by Gasteiger charge is -2.26. The molecule has 1 saturated heterocycles. The predicted molar refractivity (Wildman–Crippen MR) is 105 cm³/mol. The summed E-state index contributed by atoms with van der Waals surface area (Å²) in [6, 6.07) is 7.60. The van der Waals surface area contributed by atoms with Gasteiger partial charge in [0, 0.05) is 44.8 Å². The van der Waals surface area contributed by atoms with Crippen molar-refractivity contribution in [1.29, 1.82) is 0 Å². The first-order chi connectivity index (χ1) is 12.7. The van der Waals surface area contributed by atoms with Crippen LogP contribution in [0.2, 0.25) is 0 Å². The molecule has 26 heavy (non-hydrogen) atoms. The summed E-state index contributed by atoms with van der Waals surface area (Å²) >= 11 is 0. The number of nitrogens with zero attached hydrogens (tertiary/aromatic N) is 2. The van der Waals surface area contributed by atoms with E-state index in [1.807, 2.05) is 31.2 Å². The molecule has 1 heterocycles. The molecule has 0 spiro atoms. The molecule has 144 valence electrons. The summed E-state index contributed by atoms with van der Waals surface area (Å²) in [6.07, 6.45) is 0. The summed E-state index contributed by atoms with van der Waals surface area (Å²) in [7, 11) is 0. The molecule has 0 aromatic heterocycles. The molecule has 0 radical (unpaired) electrons. The summed E-state index contributed by atoms with van der Waals surface area (Å²) in [4.78, 5) is 19.0. The molecule has 0 bridgehead atoms. The largest absolute Gasteiger partial charge is 0.379 e. The van der Waals surface area contributed by atoms with Gasteiger partial charge in [0.1, 0.15) is 0 Å². The Balaban J connectivity index is 1.87. The molecule has 1 aromatic rings. The van der Waals surface area contributed by atoms with E-state index in [1.54, 1.807) is 0 Å². The fraction of sp³-hybridized carbons (Fsp3) is 0.579. The van der Waals surface area contributed by atoms with Crippen molar-refractivity contribution in [2.24, 2.45) is 4.99 Å². The third kappa shape index (κ3) is 7.01. The van der Waals surface area contributed by atoms with Crippen LogP contribution in [0.4, 0.5) is 0 Å². The first-order valence-corrected chi connectivity index (χ1v) is 9.42. The normalized spacial score (nSPS) is 15.5. The summed E-state index contributed by atoms with van der Waals surface area (Å²) in [5.74, 6) is 0.748. The molecule has 0 atom stereocenters. The summed E-state index contributed by atoms with van der Waals surface area (Å²) in [6.45, 7) is 11.3. The van der Waals surface area contributed by atoms with Crippen molar-refractivity contribution < 1.29 is 9.53 Å². The minimum atomic E-state index is -0.0473. The Labute approximate surface area is 156 Å². The van der Waals surface area contributed by atoms with Gasteiger partial charge in [0.15, 0.2) is 5.96 Å². The molecular formula is C19H31N5O2. The summed E-state index contributed by atoms with van der Waals surface area (Å²) in [5.41, 5.74) is 1.68. The van der Waals surface area contributed by atoms with E-state index in [9.17, 15) is 4.79 Å². The third-order valence-corrected chi connectivity index (χ3v) is 4.11. The van der Waals surface area contributed by atoms with Crippen LogP contribution in [0, 0.1) is 0 Å². The van der Waals surface area contributed by atoms with Crippen LogP contribution in [0.15, 0.2) is 29.3 Å². The number of carbonyl (C=O) groups excluding carboxylic acids is 1. The minimum absolute atomic E-state index is 0.0473. The maximum Gasteiger partial charge on any atom is 0.251 e. The van der Waals surface area contributed by atoms with Gasteiger partial charge in [-0.3, -0.25) is 9.69 Å². The van der Waals surface area contributed by atoms with Crippen LogP contribution in [0.25, 0.3) is 0 Å². The summed E-state index contributed by atoms with van der Waals surface area (Å²) < 4.78 is 5.37. The molecule has 1 fully saturated rings. The number of amides is 1. The van der Waals surface area contributed by atoms with E-state index in [-0.39, 0.29) is 5.91 Å². The number of aliphatic imine (C=N–C) groups is 1. The maximum atomic E-state index is 11.9. The Bertz CT molecular complexity index is 585. The van der Waals surface area contributed by atoms with E-state index in [0.717, 1.165) is 57.5 Å². The number of morpholine rings is 1. The van der Waals surface area contributed by atoms with Crippen LogP contribution in [-0.2, 0) is 11.3 Å². The van der Waals surface area contributed by atoms with E-state index >= 15 is 0 Å². The predicted octanol–water partition coefficient (Wildman–Crippen LogP) is 0.824. The maximum absolute atomic E-state index is 11.9. The zero-order valence-corrected chi connectivity index (χ0v) is 15.9. The molecule has 1 aromatic carbocycles. The first-order valence-electron chi connectivity index (χ1n) is 9.42. The number of nitrogens with one attached hydrogen (secondary N) is 3. The minimum Gasteiger partial charge on any atom is -0.379 e. The van der Waals surface area contributed by atoms with Crippen LogP contribution in [0.1, 0.15) is 29.8 Å². The Hall–Kier alpha value is -2.12. The van der Waals surface area contributed by atoms with Gasteiger partial charge >= 0.3 is 0 Å².